The Morgan fingerprint density at radius 1 is 1.21 bits per heavy atom. The van der Waals surface area contributed by atoms with Gasteiger partial charge in [0.15, 0.2) is 0 Å². The average molecular weight is 401 g/mol. The van der Waals surface area contributed by atoms with Gasteiger partial charge in [0.05, 0.1) is 19.9 Å². The smallest absolute Gasteiger partial charge is 0.255 e. The van der Waals surface area contributed by atoms with E-state index in [1.807, 2.05) is 30.5 Å². The summed E-state index contributed by atoms with van der Waals surface area (Å²) in [5.74, 6) is 1.58. The molecule has 0 radical (unpaired) electrons. The van der Waals surface area contributed by atoms with Crippen LogP contribution in [0.4, 0.5) is 5.69 Å². The fourth-order valence-electron chi connectivity index (χ4n) is 3.31. The number of nitrogens with zero attached hydrogens (tertiary/aromatic N) is 1. The number of methoxy groups -OCH3 is 2. The minimum Gasteiger partial charge on any atom is -0.497 e. The Morgan fingerprint density at radius 2 is 2.00 bits per heavy atom. The Bertz CT molecular complexity index is 871. The molecule has 0 saturated heterocycles. The highest BCUT2D eigenvalue weighted by molar-refractivity contribution is 7.98. The summed E-state index contributed by atoms with van der Waals surface area (Å²) in [4.78, 5) is 27.7. The molecule has 7 heteroatoms. The molecule has 2 aromatic carbocycles. The molecule has 1 aliphatic heterocycles. The minimum absolute atomic E-state index is 0.102. The second kappa shape index (κ2) is 9.01. The van der Waals surface area contributed by atoms with Gasteiger partial charge in [-0.3, -0.25) is 9.59 Å². The third-order valence-corrected chi connectivity index (χ3v) is 5.43. The van der Waals surface area contributed by atoms with Crippen LogP contribution in [0.15, 0.2) is 42.5 Å². The summed E-state index contributed by atoms with van der Waals surface area (Å²) < 4.78 is 10.6. The minimum atomic E-state index is -0.566. The molecule has 2 amide bonds. The van der Waals surface area contributed by atoms with Gasteiger partial charge in [-0.1, -0.05) is 18.2 Å². The zero-order chi connectivity index (χ0) is 20.1. The summed E-state index contributed by atoms with van der Waals surface area (Å²) in [6, 6.07) is 12.1. The highest BCUT2D eigenvalue weighted by Crippen LogP contribution is 2.31. The van der Waals surface area contributed by atoms with E-state index >= 15 is 0 Å². The molecule has 0 fully saturated rings. The molecule has 148 valence electrons. The predicted molar refractivity (Wildman–Crippen MR) is 111 cm³/mol. The van der Waals surface area contributed by atoms with E-state index < -0.39 is 6.04 Å². The van der Waals surface area contributed by atoms with Crippen LogP contribution >= 0.6 is 11.8 Å². The maximum absolute atomic E-state index is 13.2. The molecule has 1 unspecified atom stereocenters. The van der Waals surface area contributed by atoms with Crippen molar-refractivity contribution in [3.05, 3.63) is 53.6 Å². The lowest BCUT2D eigenvalue weighted by atomic mass is 10.1. The van der Waals surface area contributed by atoms with Crippen LogP contribution in [-0.2, 0) is 11.3 Å². The highest BCUT2D eigenvalue weighted by Gasteiger charge is 2.36. The van der Waals surface area contributed by atoms with Crippen molar-refractivity contribution in [1.82, 2.24) is 4.90 Å². The third-order valence-electron chi connectivity index (χ3n) is 4.79. The number of rotatable bonds is 8. The Labute approximate surface area is 169 Å². The van der Waals surface area contributed by atoms with Gasteiger partial charge in [-0.2, -0.15) is 11.8 Å². The van der Waals surface area contributed by atoms with E-state index in [2.05, 4.69) is 5.32 Å². The molecule has 3 rings (SSSR count). The lowest BCUT2D eigenvalue weighted by molar-refractivity contribution is -0.120. The van der Waals surface area contributed by atoms with Crippen molar-refractivity contribution < 1.29 is 19.1 Å². The predicted octanol–water partition coefficient (Wildman–Crippen LogP) is 3.42. The van der Waals surface area contributed by atoms with Gasteiger partial charge in [0.2, 0.25) is 5.91 Å². The maximum atomic E-state index is 13.2. The van der Waals surface area contributed by atoms with Crippen molar-refractivity contribution in [2.24, 2.45) is 0 Å². The Kier molecular flexibility index (Phi) is 6.46. The van der Waals surface area contributed by atoms with Crippen molar-refractivity contribution in [2.75, 3.05) is 31.5 Å². The molecule has 1 heterocycles. The lowest BCUT2D eigenvalue weighted by Gasteiger charge is -2.27. The summed E-state index contributed by atoms with van der Waals surface area (Å²) in [5.41, 5.74) is 2.14. The van der Waals surface area contributed by atoms with E-state index in [0.29, 0.717) is 35.7 Å². The number of anilines is 1. The number of amides is 2. The number of nitrogens with one attached hydrogen (secondary N) is 1. The number of carbonyl (C=O) groups is 2. The summed E-state index contributed by atoms with van der Waals surface area (Å²) in [5, 5.41) is 2.92. The van der Waals surface area contributed by atoms with Crippen LogP contribution < -0.4 is 14.8 Å². The van der Waals surface area contributed by atoms with Crippen molar-refractivity contribution in [3.63, 3.8) is 0 Å². The summed E-state index contributed by atoms with van der Waals surface area (Å²) >= 11 is 1.65. The zero-order valence-electron chi connectivity index (χ0n) is 16.2. The van der Waals surface area contributed by atoms with E-state index in [0.717, 1.165) is 11.3 Å². The molecule has 6 nitrogen and oxygen atoms in total. The largest absolute Gasteiger partial charge is 0.497 e. The first-order valence-electron chi connectivity index (χ1n) is 8.99. The molecule has 0 spiro atoms. The third kappa shape index (κ3) is 4.09. The Hall–Kier alpha value is -2.67. The topological polar surface area (TPSA) is 67.9 Å². The number of ether oxygens (including phenoxy) is 2. The van der Waals surface area contributed by atoms with E-state index in [4.69, 9.17) is 9.47 Å². The van der Waals surface area contributed by atoms with Crippen LogP contribution in [0, 0.1) is 0 Å². The molecule has 1 N–H and O–H groups in total. The molecule has 0 bridgehead atoms. The molecule has 1 aliphatic rings. The molecule has 2 aromatic rings. The Balaban J connectivity index is 1.85. The van der Waals surface area contributed by atoms with E-state index in [1.165, 1.54) is 0 Å². The fraction of sp³-hybridized carbons (Fsp3) is 0.333. The number of thioether (sulfide) groups is 1. The maximum Gasteiger partial charge on any atom is 0.255 e. The van der Waals surface area contributed by atoms with E-state index in [-0.39, 0.29) is 11.8 Å². The van der Waals surface area contributed by atoms with Gasteiger partial charge >= 0.3 is 0 Å². The lowest BCUT2D eigenvalue weighted by Crippen LogP contribution is -2.44. The van der Waals surface area contributed by atoms with Crippen LogP contribution in [0.2, 0.25) is 0 Å². The molecule has 1 atom stereocenters. The van der Waals surface area contributed by atoms with Gasteiger partial charge in [0, 0.05) is 18.2 Å². The summed E-state index contributed by atoms with van der Waals surface area (Å²) in [6.45, 7) is 0.441. The van der Waals surface area contributed by atoms with Gasteiger partial charge in [0.25, 0.3) is 5.91 Å². The van der Waals surface area contributed by atoms with Crippen molar-refractivity contribution in [1.29, 1.82) is 0 Å². The average Bonchev–Trinajstić information content (AvgIpc) is 3.05. The van der Waals surface area contributed by atoms with Crippen LogP contribution in [0.25, 0.3) is 0 Å². The number of hydrogen-bond donors (Lipinski definition) is 1. The second-order valence-electron chi connectivity index (χ2n) is 6.44. The van der Waals surface area contributed by atoms with Gasteiger partial charge in [-0.25, -0.2) is 0 Å². The molecule has 0 aromatic heterocycles. The van der Waals surface area contributed by atoms with Gasteiger partial charge in [-0.05, 0) is 42.2 Å². The van der Waals surface area contributed by atoms with Crippen LogP contribution in [0.1, 0.15) is 22.3 Å². The molecule has 0 saturated carbocycles. The first kappa shape index (κ1) is 20.1. The molecular weight excluding hydrogens is 376 g/mol. The normalized spacial score (nSPS) is 13.8. The number of hydrogen-bond acceptors (Lipinski definition) is 5. The molecular formula is C21H24N2O4S. The highest BCUT2D eigenvalue weighted by atomic mass is 32.2. The van der Waals surface area contributed by atoms with E-state index in [9.17, 15) is 9.59 Å². The number of carbonyl (C=O) groups excluding carboxylic acids is 2. The zero-order valence-corrected chi connectivity index (χ0v) is 17.0. The van der Waals surface area contributed by atoms with Crippen molar-refractivity contribution >= 4 is 29.3 Å². The molecule has 28 heavy (non-hydrogen) atoms. The first-order chi connectivity index (χ1) is 13.6. The van der Waals surface area contributed by atoms with Crippen LogP contribution in [0.5, 0.6) is 11.5 Å². The van der Waals surface area contributed by atoms with Gasteiger partial charge in [-0.15, -0.1) is 0 Å². The quantitative estimate of drug-likeness (QED) is 0.735. The second-order valence-corrected chi connectivity index (χ2v) is 7.43. The van der Waals surface area contributed by atoms with E-state index in [1.54, 1.807) is 49.1 Å². The van der Waals surface area contributed by atoms with Gasteiger partial charge in [0.1, 0.15) is 17.5 Å². The monoisotopic (exact) mass is 400 g/mol. The van der Waals surface area contributed by atoms with Gasteiger partial charge < -0.3 is 19.7 Å². The summed E-state index contributed by atoms with van der Waals surface area (Å²) in [6.07, 6.45) is 2.56. The SMILES string of the molecule is COc1ccc(OC)c(NC(=O)C(CCSC)N2Cc3ccccc3C2=O)c1. The van der Waals surface area contributed by atoms with Crippen molar-refractivity contribution in [3.8, 4) is 11.5 Å². The first-order valence-corrected chi connectivity index (χ1v) is 10.4. The van der Waals surface area contributed by atoms with Crippen molar-refractivity contribution in [2.45, 2.75) is 19.0 Å². The fourth-order valence-corrected chi connectivity index (χ4v) is 3.77. The summed E-state index contributed by atoms with van der Waals surface area (Å²) in [7, 11) is 3.11. The Morgan fingerprint density at radius 3 is 2.68 bits per heavy atom. The van der Waals surface area contributed by atoms with Crippen LogP contribution in [0.3, 0.4) is 0 Å². The van der Waals surface area contributed by atoms with Crippen LogP contribution in [-0.4, -0.2) is 49.0 Å². The number of benzene rings is 2. The standard InChI is InChI=1S/C21H24N2O4S/c1-26-15-8-9-19(27-2)17(12-15)22-20(24)18(10-11-28-3)23-13-14-6-4-5-7-16(14)21(23)25/h4-9,12,18H,10-11,13H2,1-3H3,(H,22,24). The number of fused-ring (bicyclic) bond motifs is 1. The molecule has 0 aliphatic carbocycles.